The van der Waals surface area contributed by atoms with Crippen LogP contribution in [-0.4, -0.2) is 20.8 Å². The third-order valence-electron chi connectivity index (χ3n) is 5.99. The van der Waals surface area contributed by atoms with Crippen molar-refractivity contribution in [3.63, 3.8) is 0 Å². The molecule has 1 aliphatic rings. The highest BCUT2D eigenvalue weighted by molar-refractivity contribution is 5.87. The first-order valence-corrected chi connectivity index (χ1v) is 10.0. The van der Waals surface area contributed by atoms with Gasteiger partial charge in [0, 0.05) is 42.5 Å². The number of fused-ring (bicyclic) bond motifs is 3. The van der Waals surface area contributed by atoms with Gasteiger partial charge in [-0.2, -0.15) is 0 Å². The summed E-state index contributed by atoms with van der Waals surface area (Å²) < 4.78 is 18.2. The molecule has 0 fully saturated rings. The molecule has 2 aromatic carbocycles. The lowest BCUT2D eigenvalue weighted by Crippen LogP contribution is -2.24. The van der Waals surface area contributed by atoms with Crippen molar-refractivity contribution in [1.82, 2.24) is 14.5 Å². The molecular formula is C24H22FN3O2. The zero-order chi connectivity index (χ0) is 20.8. The van der Waals surface area contributed by atoms with E-state index in [-0.39, 0.29) is 12.2 Å². The normalized spacial score (nSPS) is 13.6. The zero-order valence-electron chi connectivity index (χ0n) is 16.7. The molecule has 0 saturated heterocycles. The van der Waals surface area contributed by atoms with Crippen LogP contribution < -0.4 is 10.9 Å². The third kappa shape index (κ3) is 2.96. The number of benzene rings is 2. The number of nitrogens with one attached hydrogen (secondary N) is 1. The van der Waals surface area contributed by atoms with Gasteiger partial charge in [0.1, 0.15) is 5.82 Å². The number of aromatic nitrogens is 2. The Kier molecular flexibility index (Phi) is 4.53. The maximum Gasteiger partial charge on any atom is 0.255 e. The number of aryl methyl sites for hydroxylation is 1. The van der Waals surface area contributed by atoms with Crippen molar-refractivity contribution in [3.8, 4) is 16.8 Å². The van der Waals surface area contributed by atoms with Gasteiger partial charge in [-0.3, -0.25) is 9.36 Å². The molecule has 3 heterocycles. The lowest BCUT2D eigenvalue weighted by molar-refractivity contribution is 0.281. The standard InChI is InChI=1S/C24H22FN3O2/c1-27-22-12-17(3-5-19(22)20-6-8-26-13-23(20)27)28-9-7-16(11-24(28)30)18-4-2-15(14-29)10-21(18)25/h2-5,7,9-12,26,29H,6,8,13-14H2,1H3. The molecule has 1 aliphatic heterocycles. The number of aliphatic hydroxyl groups is 1. The van der Waals surface area contributed by atoms with Crippen LogP contribution in [0.4, 0.5) is 4.39 Å². The van der Waals surface area contributed by atoms with Crippen LogP contribution >= 0.6 is 0 Å². The Morgan fingerprint density at radius 2 is 2.00 bits per heavy atom. The number of hydrogen-bond acceptors (Lipinski definition) is 3. The Labute approximate surface area is 173 Å². The monoisotopic (exact) mass is 403 g/mol. The quantitative estimate of drug-likeness (QED) is 0.552. The van der Waals surface area contributed by atoms with Gasteiger partial charge in [-0.25, -0.2) is 4.39 Å². The van der Waals surface area contributed by atoms with E-state index in [1.54, 1.807) is 29.0 Å². The Morgan fingerprint density at radius 1 is 1.13 bits per heavy atom. The van der Waals surface area contributed by atoms with Crippen LogP contribution in [0, 0.1) is 5.82 Å². The minimum Gasteiger partial charge on any atom is -0.392 e. The van der Waals surface area contributed by atoms with Crippen LogP contribution in [0.3, 0.4) is 0 Å². The topological polar surface area (TPSA) is 59.2 Å². The third-order valence-corrected chi connectivity index (χ3v) is 5.99. The van der Waals surface area contributed by atoms with Crippen LogP contribution in [0.2, 0.25) is 0 Å². The van der Waals surface area contributed by atoms with E-state index >= 15 is 0 Å². The van der Waals surface area contributed by atoms with Crippen LogP contribution in [0.15, 0.2) is 59.5 Å². The molecule has 30 heavy (non-hydrogen) atoms. The van der Waals surface area contributed by atoms with Crippen molar-refractivity contribution in [1.29, 1.82) is 0 Å². The second-order valence-electron chi connectivity index (χ2n) is 7.71. The summed E-state index contributed by atoms with van der Waals surface area (Å²) in [5, 5.41) is 13.8. The van der Waals surface area contributed by atoms with Gasteiger partial charge in [0.2, 0.25) is 0 Å². The van der Waals surface area contributed by atoms with Crippen LogP contribution in [-0.2, 0) is 26.6 Å². The maximum atomic E-state index is 14.4. The molecule has 0 atom stereocenters. The minimum atomic E-state index is -0.455. The second kappa shape index (κ2) is 7.23. The predicted octanol–water partition coefficient (Wildman–Crippen LogP) is 3.27. The summed E-state index contributed by atoms with van der Waals surface area (Å²) in [4.78, 5) is 12.8. The molecule has 4 aromatic rings. The Morgan fingerprint density at radius 3 is 2.77 bits per heavy atom. The lowest BCUT2D eigenvalue weighted by atomic mass is 10.0. The molecule has 6 heteroatoms. The summed E-state index contributed by atoms with van der Waals surface area (Å²) in [5.74, 6) is -0.455. The Hall–Kier alpha value is -3.22. The predicted molar refractivity (Wildman–Crippen MR) is 115 cm³/mol. The maximum absolute atomic E-state index is 14.4. The van der Waals surface area contributed by atoms with Gasteiger partial charge in [0.25, 0.3) is 5.56 Å². The molecule has 152 valence electrons. The molecule has 5 nitrogen and oxygen atoms in total. The van der Waals surface area contributed by atoms with Crippen LogP contribution in [0.1, 0.15) is 16.8 Å². The number of aliphatic hydroxyl groups excluding tert-OH is 1. The molecule has 0 saturated carbocycles. The second-order valence-corrected chi connectivity index (χ2v) is 7.71. The largest absolute Gasteiger partial charge is 0.392 e. The first-order chi connectivity index (χ1) is 14.6. The molecule has 0 bridgehead atoms. The average molecular weight is 403 g/mol. The highest BCUT2D eigenvalue weighted by atomic mass is 19.1. The minimum absolute atomic E-state index is 0.222. The molecule has 0 radical (unpaired) electrons. The lowest BCUT2D eigenvalue weighted by Gasteiger charge is -2.14. The van der Waals surface area contributed by atoms with Gasteiger partial charge in [-0.05, 0) is 53.9 Å². The van der Waals surface area contributed by atoms with Gasteiger partial charge in [-0.1, -0.05) is 18.2 Å². The van der Waals surface area contributed by atoms with Crippen molar-refractivity contribution in [3.05, 3.63) is 87.7 Å². The first-order valence-electron chi connectivity index (χ1n) is 10.0. The highest BCUT2D eigenvalue weighted by Gasteiger charge is 2.18. The summed E-state index contributed by atoms with van der Waals surface area (Å²) >= 11 is 0. The Balaban J connectivity index is 1.57. The summed E-state index contributed by atoms with van der Waals surface area (Å²) in [7, 11) is 2.06. The van der Waals surface area contributed by atoms with E-state index in [9.17, 15) is 9.18 Å². The van der Waals surface area contributed by atoms with Gasteiger partial charge in [-0.15, -0.1) is 0 Å². The van der Waals surface area contributed by atoms with Gasteiger partial charge in [0.15, 0.2) is 0 Å². The molecule has 0 spiro atoms. The van der Waals surface area contributed by atoms with Crippen molar-refractivity contribution in [2.24, 2.45) is 7.05 Å². The zero-order valence-corrected chi connectivity index (χ0v) is 16.7. The summed E-state index contributed by atoms with van der Waals surface area (Å²) in [6.45, 7) is 1.61. The average Bonchev–Trinajstić information content (AvgIpc) is 3.05. The van der Waals surface area contributed by atoms with E-state index in [1.165, 1.54) is 28.8 Å². The van der Waals surface area contributed by atoms with Crippen LogP contribution in [0.5, 0.6) is 0 Å². The number of halogens is 1. The van der Waals surface area contributed by atoms with E-state index in [0.717, 1.165) is 30.7 Å². The molecule has 0 unspecified atom stereocenters. The van der Waals surface area contributed by atoms with Crippen molar-refractivity contribution in [2.75, 3.05) is 6.54 Å². The van der Waals surface area contributed by atoms with Crippen molar-refractivity contribution in [2.45, 2.75) is 19.6 Å². The van der Waals surface area contributed by atoms with Crippen LogP contribution in [0.25, 0.3) is 27.7 Å². The first kappa shape index (κ1) is 18.8. The van der Waals surface area contributed by atoms with Crippen molar-refractivity contribution >= 4 is 10.9 Å². The molecule has 5 rings (SSSR count). The fraction of sp³-hybridized carbons (Fsp3) is 0.208. The van der Waals surface area contributed by atoms with Gasteiger partial charge < -0.3 is 15.0 Å². The van der Waals surface area contributed by atoms with Gasteiger partial charge in [0.05, 0.1) is 17.8 Å². The van der Waals surface area contributed by atoms with E-state index in [0.29, 0.717) is 16.7 Å². The number of pyridine rings is 1. The number of nitrogens with zero attached hydrogens (tertiary/aromatic N) is 2. The Bertz CT molecular complexity index is 1340. The molecular weight excluding hydrogens is 381 g/mol. The molecule has 2 aromatic heterocycles. The van der Waals surface area contributed by atoms with E-state index in [1.807, 2.05) is 12.1 Å². The molecule has 2 N–H and O–H groups in total. The van der Waals surface area contributed by atoms with E-state index < -0.39 is 5.82 Å². The number of hydrogen-bond donors (Lipinski definition) is 2. The van der Waals surface area contributed by atoms with Crippen molar-refractivity contribution < 1.29 is 9.50 Å². The number of rotatable bonds is 3. The molecule has 0 aliphatic carbocycles. The smallest absolute Gasteiger partial charge is 0.255 e. The van der Waals surface area contributed by atoms with E-state index in [4.69, 9.17) is 5.11 Å². The SMILES string of the molecule is Cn1c2c(c3ccc(-n4ccc(-c5ccc(CO)cc5F)cc4=O)cc31)CCNC2. The fourth-order valence-corrected chi connectivity index (χ4v) is 4.38. The summed E-state index contributed by atoms with van der Waals surface area (Å²) in [6, 6.07) is 13.8. The van der Waals surface area contributed by atoms with Gasteiger partial charge >= 0.3 is 0 Å². The fourth-order valence-electron chi connectivity index (χ4n) is 4.38. The highest BCUT2D eigenvalue weighted by Crippen LogP contribution is 2.29. The van der Waals surface area contributed by atoms with E-state index in [2.05, 4.69) is 23.0 Å². The summed E-state index contributed by atoms with van der Waals surface area (Å²) in [5.41, 5.74) is 5.68. The summed E-state index contributed by atoms with van der Waals surface area (Å²) in [6.07, 6.45) is 2.68. The molecule has 0 amide bonds.